The van der Waals surface area contributed by atoms with Gasteiger partial charge in [-0.2, -0.15) is 0 Å². The molecule has 11 heteroatoms. The molecule has 4 rings (SSSR count). The molecule has 45 heavy (non-hydrogen) atoms. The monoisotopic (exact) mass is 729 g/mol. The molecule has 0 saturated heterocycles. The zero-order valence-electron chi connectivity index (χ0n) is 25.1. The third kappa shape index (κ3) is 8.88. The highest BCUT2D eigenvalue weighted by Crippen LogP contribution is 2.35. The van der Waals surface area contributed by atoms with Crippen molar-refractivity contribution < 1.29 is 18.0 Å². The Morgan fingerprint density at radius 3 is 2.16 bits per heavy atom. The van der Waals surface area contributed by atoms with Crippen LogP contribution in [0.3, 0.4) is 0 Å². The number of halogens is 3. The summed E-state index contributed by atoms with van der Waals surface area (Å²) in [4.78, 5) is 29.7. The van der Waals surface area contributed by atoms with Crippen LogP contribution < -0.4 is 9.62 Å². The fourth-order valence-electron chi connectivity index (χ4n) is 4.80. The number of rotatable bonds is 12. The maximum absolute atomic E-state index is 14.5. The topological polar surface area (TPSA) is 86.8 Å². The van der Waals surface area contributed by atoms with Gasteiger partial charge in [-0.1, -0.05) is 105 Å². The first kappa shape index (κ1) is 34.5. The molecule has 0 unspecified atom stereocenters. The number of anilines is 1. The first-order chi connectivity index (χ1) is 21.4. The van der Waals surface area contributed by atoms with E-state index < -0.39 is 28.5 Å². The Hall–Kier alpha value is -3.37. The summed E-state index contributed by atoms with van der Waals surface area (Å²) in [5.74, 6) is -0.951. The van der Waals surface area contributed by atoms with Crippen molar-refractivity contribution >= 4 is 66.7 Å². The molecular weight excluding hydrogens is 697 g/mol. The molecule has 1 N–H and O–H groups in total. The zero-order valence-corrected chi connectivity index (χ0v) is 29.0. The minimum Gasteiger partial charge on any atom is -0.352 e. The Morgan fingerprint density at radius 2 is 1.51 bits per heavy atom. The van der Waals surface area contributed by atoms with Crippen LogP contribution in [-0.2, 0) is 32.6 Å². The molecule has 4 aromatic rings. The van der Waals surface area contributed by atoms with Crippen molar-refractivity contribution in [1.29, 1.82) is 0 Å². The van der Waals surface area contributed by atoms with E-state index in [4.69, 9.17) is 23.2 Å². The number of hydrogen-bond donors (Lipinski definition) is 1. The van der Waals surface area contributed by atoms with Crippen LogP contribution in [-0.4, -0.2) is 43.8 Å². The van der Waals surface area contributed by atoms with E-state index in [0.717, 1.165) is 25.5 Å². The molecule has 0 radical (unpaired) electrons. The molecule has 236 valence electrons. The Balaban J connectivity index is 1.84. The SMILES string of the molecule is Cc1ccc(S(=O)(=O)N(CC(=O)N(Cc2cccc(Br)c2)[C@H](Cc2ccccc2)C(=O)NC(C)C)c2cccc(Cl)c2Cl)cc1. The summed E-state index contributed by atoms with van der Waals surface area (Å²) in [7, 11) is -4.31. The molecule has 7 nitrogen and oxygen atoms in total. The summed E-state index contributed by atoms with van der Waals surface area (Å²) >= 11 is 16.4. The fourth-order valence-corrected chi connectivity index (χ4v) is 7.12. The number of hydrogen-bond acceptors (Lipinski definition) is 4. The number of nitrogens with one attached hydrogen (secondary N) is 1. The van der Waals surface area contributed by atoms with Crippen molar-refractivity contribution in [3.05, 3.63) is 128 Å². The number of aryl methyl sites for hydroxylation is 1. The van der Waals surface area contributed by atoms with E-state index in [9.17, 15) is 18.0 Å². The summed E-state index contributed by atoms with van der Waals surface area (Å²) in [6.45, 7) is 4.94. The van der Waals surface area contributed by atoms with Crippen molar-refractivity contribution in [3.63, 3.8) is 0 Å². The zero-order chi connectivity index (χ0) is 32.7. The van der Waals surface area contributed by atoms with Crippen molar-refractivity contribution in [2.24, 2.45) is 0 Å². The normalized spacial score (nSPS) is 12.1. The first-order valence-electron chi connectivity index (χ1n) is 14.3. The Bertz CT molecular complexity index is 1750. The minimum atomic E-state index is -4.31. The van der Waals surface area contributed by atoms with Gasteiger partial charge in [0.15, 0.2) is 0 Å². The molecule has 0 saturated carbocycles. The van der Waals surface area contributed by atoms with Gasteiger partial charge in [-0.05, 0) is 68.3 Å². The molecule has 0 fully saturated rings. The predicted molar refractivity (Wildman–Crippen MR) is 184 cm³/mol. The third-order valence-electron chi connectivity index (χ3n) is 7.03. The highest BCUT2D eigenvalue weighted by Gasteiger charge is 2.35. The molecule has 0 aliphatic rings. The highest BCUT2D eigenvalue weighted by molar-refractivity contribution is 9.10. The van der Waals surface area contributed by atoms with E-state index in [1.54, 1.807) is 18.2 Å². The van der Waals surface area contributed by atoms with Gasteiger partial charge in [-0.3, -0.25) is 13.9 Å². The predicted octanol–water partition coefficient (Wildman–Crippen LogP) is 7.42. The van der Waals surface area contributed by atoms with Gasteiger partial charge < -0.3 is 10.2 Å². The minimum absolute atomic E-state index is 0.0143. The van der Waals surface area contributed by atoms with Crippen LogP contribution in [0, 0.1) is 6.92 Å². The maximum Gasteiger partial charge on any atom is 0.264 e. The summed E-state index contributed by atoms with van der Waals surface area (Å²) in [5, 5.41) is 3.07. The molecule has 0 aromatic heterocycles. The lowest BCUT2D eigenvalue weighted by Crippen LogP contribution is -2.54. The fraction of sp³-hybridized carbons (Fsp3) is 0.235. The second-order valence-corrected chi connectivity index (χ2v) is 14.5. The summed E-state index contributed by atoms with van der Waals surface area (Å²) in [5.41, 5.74) is 2.52. The van der Waals surface area contributed by atoms with Crippen LogP contribution in [0.15, 0.2) is 106 Å². The summed E-state index contributed by atoms with van der Waals surface area (Å²) in [6, 6.07) is 26.6. The lowest BCUT2D eigenvalue weighted by atomic mass is 10.0. The van der Waals surface area contributed by atoms with E-state index in [1.807, 2.05) is 75.4 Å². The van der Waals surface area contributed by atoms with Crippen LogP contribution in [0.2, 0.25) is 10.0 Å². The first-order valence-corrected chi connectivity index (χ1v) is 17.3. The molecule has 0 aliphatic heterocycles. The highest BCUT2D eigenvalue weighted by atomic mass is 79.9. The van der Waals surface area contributed by atoms with Gasteiger partial charge in [0.1, 0.15) is 12.6 Å². The number of benzene rings is 4. The van der Waals surface area contributed by atoms with Crippen molar-refractivity contribution in [3.8, 4) is 0 Å². The summed E-state index contributed by atoms with van der Waals surface area (Å²) < 4.78 is 30.1. The lowest BCUT2D eigenvalue weighted by molar-refractivity contribution is -0.140. The van der Waals surface area contributed by atoms with E-state index in [2.05, 4.69) is 21.2 Å². The molecule has 0 bridgehead atoms. The van der Waals surface area contributed by atoms with Gasteiger partial charge >= 0.3 is 0 Å². The van der Waals surface area contributed by atoms with Gasteiger partial charge in [0.05, 0.1) is 20.6 Å². The Kier molecular flexibility index (Phi) is 11.7. The Morgan fingerprint density at radius 1 is 0.867 bits per heavy atom. The van der Waals surface area contributed by atoms with E-state index in [1.165, 1.54) is 29.2 Å². The van der Waals surface area contributed by atoms with Gasteiger partial charge in [-0.25, -0.2) is 8.42 Å². The van der Waals surface area contributed by atoms with Crippen LogP contribution in [0.5, 0.6) is 0 Å². The van der Waals surface area contributed by atoms with Crippen LogP contribution in [0.1, 0.15) is 30.5 Å². The largest absolute Gasteiger partial charge is 0.352 e. The number of carbonyl (C=O) groups is 2. The van der Waals surface area contributed by atoms with Crippen molar-refractivity contribution in [1.82, 2.24) is 10.2 Å². The van der Waals surface area contributed by atoms with E-state index in [-0.39, 0.29) is 45.5 Å². The molecule has 0 heterocycles. The van der Waals surface area contributed by atoms with Crippen LogP contribution >= 0.6 is 39.1 Å². The molecule has 4 aromatic carbocycles. The maximum atomic E-state index is 14.5. The number of carbonyl (C=O) groups excluding carboxylic acids is 2. The second-order valence-electron chi connectivity index (χ2n) is 10.9. The third-order valence-corrected chi connectivity index (χ3v) is 10.1. The van der Waals surface area contributed by atoms with Crippen molar-refractivity contribution in [2.75, 3.05) is 10.8 Å². The lowest BCUT2D eigenvalue weighted by Gasteiger charge is -2.34. The molecule has 2 amide bonds. The van der Waals surface area contributed by atoms with Gasteiger partial charge in [0, 0.05) is 23.5 Å². The Labute approximate surface area is 283 Å². The van der Waals surface area contributed by atoms with Crippen LogP contribution in [0.25, 0.3) is 0 Å². The standard InChI is InChI=1S/C34H34BrCl2N3O4S/c1-23(2)38-34(42)31(20-25-9-5-4-6-10-25)39(21-26-11-7-12-27(35)19-26)32(41)22-40(30-14-8-13-29(36)33(30)37)45(43,44)28-17-15-24(3)16-18-28/h4-19,23,31H,20-22H2,1-3H3,(H,38,42)/t31-/m1/s1. The van der Waals surface area contributed by atoms with Gasteiger partial charge in [0.25, 0.3) is 10.0 Å². The number of sulfonamides is 1. The number of amides is 2. The van der Waals surface area contributed by atoms with Crippen LogP contribution in [0.4, 0.5) is 5.69 Å². The molecule has 1 atom stereocenters. The van der Waals surface area contributed by atoms with Gasteiger partial charge in [-0.15, -0.1) is 0 Å². The average molecular weight is 732 g/mol. The van der Waals surface area contributed by atoms with E-state index >= 15 is 0 Å². The number of nitrogens with zero attached hydrogens (tertiary/aromatic N) is 2. The quantitative estimate of drug-likeness (QED) is 0.164. The van der Waals surface area contributed by atoms with Gasteiger partial charge in [0.2, 0.25) is 11.8 Å². The molecular formula is C34H34BrCl2N3O4S. The smallest absolute Gasteiger partial charge is 0.264 e. The van der Waals surface area contributed by atoms with E-state index in [0.29, 0.717) is 0 Å². The molecule has 0 spiro atoms. The van der Waals surface area contributed by atoms with Crippen molar-refractivity contribution in [2.45, 2.75) is 50.7 Å². The molecule has 0 aliphatic carbocycles. The average Bonchev–Trinajstić information content (AvgIpc) is 2.99. The second kappa shape index (κ2) is 15.3. The summed E-state index contributed by atoms with van der Waals surface area (Å²) in [6.07, 6.45) is 0.210.